The summed E-state index contributed by atoms with van der Waals surface area (Å²) in [7, 11) is 0. The Morgan fingerprint density at radius 1 is 1.37 bits per heavy atom. The maximum atomic E-state index is 12.6. The van der Waals surface area contributed by atoms with Crippen LogP contribution in [0, 0.1) is 4.77 Å². The first-order valence-electron chi connectivity index (χ1n) is 6.60. The second kappa shape index (κ2) is 5.19. The molecule has 102 valence electrons. The van der Waals surface area contributed by atoms with Crippen molar-refractivity contribution in [1.82, 2.24) is 9.55 Å². The number of hydrogen-bond donors (Lipinski definition) is 2. The van der Waals surface area contributed by atoms with Crippen LogP contribution in [-0.2, 0) is 19.4 Å². The maximum Gasteiger partial charge on any atom is 0.263 e. The first kappa shape index (κ1) is 13.0. The van der Waals surface area contributed by atoms with Crippen LogP contribution in [0.5, 0.6) is 0 Å². The molecule has 2 heterocycles. The Bertz CT molecular complexity index is 727. The van der Waals surface area contributed by atoms with Gasteiger partial charge in [0.05, 0.1) is 5.39 Å². The molecule has 0 spiro atoms. The van der Waals surface area contributed by atoms with E-state index in [9.17, 15) is 4.79 Å². The molecule has 0 atom stereocenters. The third-order valence-electron chi connectivity index (χ3n) is 3.64. The highest BCUT2D eigenvalue weighted by atomic mass is 32.1. The quantitative estimate of drug-likeness (QED) is 0.855. The monoisotopic (exact) mass is 296 g/mol. The van der Waals surface area contributed by atoms with E-state index >= 15 is 0 Å². The summed E-state index contributed by atoms with van der Waals surface area (Å²) in [6.07, 6.45) is 4.99. The zero-order valence-electron chi connectivity index (χ0n) is 10.6. The Labute approximate surface area is 119 Å². The highest BCUT2D eigenvalue weighted by Crippen LogP contribution is 2.33. The number of nitrogens with zero attached hydrogens (tertiary/aromatic N) is 1. The lowest BCUT2D eigenvalue weighted by Gasteiger charge is -2.10. The molecule has 0 saturated heterocycles. The topological polar surface area (TPSA) is 58.0 Å². The van der Waals surface area contributed by atoms with Gasteiger partial charge in [-0.15, -0.1) is 11.3 Å². The Kier molecular flexibility index (Phi) is 3.56. The van der Waals surface area contributed by atoms with Gasteiger partial charge in [-0.25, -0.2) is 0 Å². The second-order valence-electron chi connectivity index (χ2n) is 4.88. The van der Waals surface area contributed by atoms with Crippen LogP contribution in [0.4, 0.5) is 0 Å². The highest BCUT2D eigenvalue weighted by Gasteiger charge is 2.19. The minimum absolute atomic E-state index is 0.00611. The summed E-state index contributed by atoms with van der Waals surface area (Å²) in [5, 5.41) is 9.74. The Morgan fingerprint density at radius 2 is 2.16 bits per heavy atom. The van der Waals surface area contributed by atoms with Crippen molar-refractivity contribution in [1.29, 1.82) is 0 Å². The van der Waals surface area contributed by atoms with Crippen molar-refractivity contribution in [3.05, 3.63) is 25.6 Å². The normalized spacial score (nSPS) is 14.8. The molecule has 2 N–H and O–H groups in total. The molecule has 1 aliphatic rings. The van der Waals surface area contributed by atoms with E-state index in [1.165, 1.54) is 16.9 Å². The molecule has 4 nitrogen and oxygen atoms in total. The molecule has 0 fully saturated rings. The van der Waals surface area contributed by atoms with Crippen molar-refractivity contribution >= 4 is 33.8 Å². The fourth-order valence-corrected chi connectivity index (χ4v) is 4.33. The summed E-state index contributed by atoms with van der Waals surface area (Å²) < 4.78 is 2.04. The van der Waals surface area contributed by atoms with Crippen molar-refractivity contribution in [3.8, 4) is 0 Å². The van der Waals surface area contributed by atoms with Crippen molar-refractivity contribution in [2.75, 3.05) is 6.61 Å². The summed E-state index contributed by atoms with van der Waals surface area (Å²) in [6.45, 7) is 0.548. The highest BCUT2D eigenvalue weighted by molar-refractivity contribution is 7.71. The molecule has 0 aliphatic heterocycles. The van der Waals surface area contributed by atoms with E-state index in [-0.39, 0.29) is 12.2 Å². The van der Waals surface area contributed by atoms with Gasteiger partial charge < -0.3 is 10.1 Å². The summed E-state index contributed by atoms with van der Waals surface area (Å²) in [5.41, 5.74) is 1.23. The van der Waals surface area contributed by atoms with Crippen LogP contribution in [-0.4, -0.2) is 21.3 Å². The molecule has 0 bridgehead atoms. The third-order valence-corrected chi connectivity index (χ3v) is 5.17. The van der Waals surface area contributed by atoms with E-state index in [4.69, 9.17) is 17.3 Å². The standard InChI is InChI=1S/C13H16N2O2S2/c16-7-3-6-15-12(17)10-8-4-1-2-5-9(8)19-11(10)14-13(15)18/h16H,1-7H2,(H,14,18). The van der Waals surface area contributed by atoms with E-state index < -0.39 is 0 Å². The van der Waals surface area contributed by atoms with Crippen LogP contribution in [0.1, 0.15) is 29.7 Å². The average Bonchev–Trinajstić information content (AvgIpc) is 2.76. The molecule has 3 rings (SSSR count). The lowest BCUT2D eigenvalue weighted by Crippen LogP contribution is -2.23. The molecule has 0 unspecified atom stereocenters. The van der Waals surface area contributed by atoms with Gasteiger partial charge in [0.2, 0.25) is 0 Å². The molecule has 0 radical (unpaired) electrons. The van der Waals surface area contributed by atoms with Gasteiger partial charge in [0.15, 0.2) is 4.77 Å². The van der Waals surface area contributed by atoms with E-state index in [1.54, 1.807) is 15.9 Å². The number of aliphatic hydroxyl groups excluding tert-OH is 1. The van der Waals surface area contributed by atoms with Crippen LogP contribution < -0.4 is 5.56 Å². The number of rotatable bonds is 3. The molecular formula is C13H16N2O2S2. The fourth-order valence-electron chi connectivity index (χ4n) is 2.70. The minimum Gasteiger partial charge on any atom is -0.396 e. The predicted molar refractivity (Wildman–Crippen MR) is 79.6 cm³/mol. The zero-order chi connectivity index (χ0) is 13.4. The molecule has 0 aromatic carbocycles. The average molecular weight is 296 g/mol. The zero-order valence-corrected chi connectivity index (χ0v) is 12.2. The summed E-state index contributed by atoms with van der Waals surface area (Å²) >= 11 is 6.93. The predicted octanol–water partition coefficient (Wildman–Crippen LogP) is 2.38. The summed E-state index contributed by atoms with van der Waals surface area (Å²) in [5.74, 6) is 0. The van der Waals surface area contributed by atoms with Crippen molar-refractivity contribution in [2.45, 2.75) is 38.6 Å². The molecule has 0 saturated carbocycles. The van der Waals surface area contributed by atoms with Gasteiger partial charge in [0.1, 0.15) is 4.83 Å². The Balaban J connectivity index is 2.24. The van der Waals surface area contributed by atoms with Crippen LogP contribution in [0.15, 0.2) is 4.79 Å². The number of thiophene rings is 1. The molecule has 19 heavy (non-hydrogen) atoms. The number of fused-ring (bicyclic) bond motifs is 3. The minimum atomic E-state index is 0.00611. The van der Waals surface area contributed by atoms with Crippen LogP contribution in [0.3, 0.4) is 0 Å². The summed E-state index contributed by atoms with van der Waals surface area (Å²) in [6, 6.07) is 0. The number of aliphatic hydroxyl groups is 1. The van der Waals surface area contributed by atoms with Gasteiger partial charge in [-0.05, 0) is 49.9 Å². The van der Waals surface area contributed by atoms with Gasteiger partial charge >= 0.3 is 0 Å². The lowest BCUT2D eigenvalue weighted by atomic mass is 9.97. The fraction of sp³-hybridized carbons (Fsp3) is 0.538. The molecule has 6 heteroatoms. The van der Waals surface area contributed by atoms with Crippen LogP contribution in [0.25, 0.3) is 10.2 Å². The first-order valence-corrected chi connectivity index (χ1v) is 7.83. The van der Waals surface area contributed by atoms with Crippen molar-refractivity contribution in [3.63, 3.8) is 0 Å². The Hall–Kier alpha value is -0.980. The van der Waals surface area contributed by atoms with E-state index in [0.29, 0.717) is 17.7 Å². The molecule has 2 aromatic rings. The second-order valence-corrected chi connectivity index (χ2v) is 6.37. The number of hydrogen-bond acceptors (Lipinski definition) is 4. The maximum absolute atomic E-state index is 12.6. The van der Waals surface area contributed by atoms with E-state index in [0.717, 1.165) is 29.5 Å². The SMILES string of the molecule is O=c1c2c3c(sc2[nH]c(=S)n1CCCO)CCCC3. The van der Waals surface area contributed by atoms with Crippen molar-refractivity contribution in [2.24, 2.45) is 0 Å². The van der Waals surface area contributed by atoms with Gasteiger partial charge in [-0.3, -0.25) is 9.36 Å². The molecule has 1 aliphatic carbocycles. The molecule has 2 aromatic heterocycles. The van der Waals surface area contributed by atoms with Gasteiger partial charge in [0.25, 0.3) is 5.56 Å². The molecule has 0 amide bonds. The van der Waals surface area contributed by atoms with E-state index in [1.807, 2.05) is 0 Å². The Morgan fingerprint density at radius 3 is 2.95 bits per heavy atom. The first-order chi connectivity index (χ1) is 9.22. The lowest BCUT2D eigenvalue weighted by molar-refractivity contribution is 0.278. The third kappa shape index (κ3) is 2.17. The number of aryl methyl sites for hydroxylation is 2. The number of aromatic amines is 1. The molecular weight excluding hydrogens is 280 g/mol. The van der Waals surface area contributed by atoms with Crippen molar-refractivity contribution < 1.29 is 5.11 Å². The number of aromatic nitrogens is 2. The summed E-state index contributed by atoms with van der Waals surface area (Å²) in [4.78, 5) is 18.0. The van der Waals surface area contributed by atoms with Gasteiger partial charge in [-0.2, -0.15) is 0 Å². The largest absolute Gasteiger partial charge is 0.396 e. The van der Waals surface area contributed by atoms with Gasteiger partial charge in [0, 0.05) is 18.0 Å². The van der Waals surface area contributed by atoms with E-state index in [2.05, 4.69) is 4.98 Å². The number of H-pyrrole nitrogens is 1. The number of nitrogens with one attached hydrogen (secondary N) is 1. The van der Waals surface area contributed by atoms with Crippen LogP contribution >= 0.6 is 23.6 Å². The van der Waals surface area contributed by atoms with Crippen LogP contribution in [0.2, 0.25) is 0 Å². The smallest absolute Gasteiger partial charge is 0.263 e. The van der Waals surface area contributed by atoms with Gasteiger partial charge in [-0.1, -0.05) is 0 Å².